The topological polar surface area (TPSA) is 159 Å². The van der Waals surface area contributed by atoms with Gasteiger partial charge in [0.1, 0.15) is 47.3 Å². The molecule has 12 nitrogen and oxygen atoms in total. The molecule has 0 saturated carbocycles. The van der Waals surface area contributed by atoms with Crippen molar-refractivity contribution in [1.82, 2.24) is 10.6 Å². The number of hydrogen-bond donors (Lipinski definition) is 3. The molecule has 12 heteroatoms. The van der Waals surface area contributed by atoms with Gasteiger partial charge in [0, 0.05) is 23.6 Å². The zero-order valence-electron chi connectivity index (χ0n) is 26.3. The molecule has 246 valence electrons. The van der Waals surface area contributed by atoms with Crippen LogP contribution in [0.2, 0.25) is 0 Å². The van der Waals surface area contributed by atoms with E-state index in [1.54, 1.807) is 24.3 Å². The summed E-state index contributed by atoms with van der Waals surface area (Å²) in [5.74, 6) is 0.657. The van der Waals surface area contributed by atoms with Crippen LogP contribution >= 0.6 is 0 Å². The van der Waals surface area contributed by atoms with Gasteiger partial charge in [-0.3, -0.25) is 9.59 Å². The van der Waals surface area contributed by atoms with Crippen molar-refractivity contribution in [2.45, 2.75) is 37.8 Å². The van der Waals surface area contributed by atoms with Crippen molar-refractivity contribution in [1.29, 1.82) is 0 Å². The highest BCUT2D eigenvalue weighted by atomic mass is 16.5. The first kappa shape index (κ1) is 32.9. The number of esters is 1. The minimum Gasteiger partial charge on any atom is -0.496 e. The fourth-order valence-corrected chi connectivity index (χ4v) is 5.57. The number of carboxylic acid groups (broad SMARTS) is 1. The largest absolute Gasteiger partial charge is 0.496 e. The van der Waals surface area contributed by atoms with E-state index in [0.717, 1.165) is 34.4 Å². The molecule has 6 rings (SSSR count). The number of aromatic carboxylic acids is 1. The van der Waals surface area contributed by atoms with Gasteiger partial charge in [-0.2, -0.15) is 0 Å². The van der Waals surface area contributed by atoms with Crippen molar-refractivity contribution in [3.05, 3.63) is 71.8 Å². The highest BCUT2D eigenvalue weighted by molar-refractivity contribution is 6.01. The van der Waals surface area contributed by atoms with Crippen molar-refractivity contribution in [3.63, 3.8) is 0 Å². The Bertz CT molecular complexity index is 1820. The lowest BCUT2D eigenvalue weighted by atomic mass is 10.0. The molecule has 0 bridgehead atoms. The van der Waals surface area contributed by atoms with Crippen molar-refractivity contribution in [2.24, 2.45) is 0 Å². The Labute approximate surface area is 270 Å². The number of ether oxygens (including phenoxy) is 5. The second-order valence-electron chi connectivity index (χ2n) is 11.1. The van der Waals surface area contributed by atoms with Gasteiger partial charge >= 0.3 is 11.9 Å². The standard InChI is InChI=1S/C18H19NO5.C17H17NO5/c1-22-16-9-13-11(8-14(16)18(21)23-2)4-3-5-15(13)24-10-12-6-7-17(20)19-12;1-22-15-8-12-10(7-13(15)17(20)21)3-2-4-14(12)23-9-11-5-6-16(19)18-11/h3-5,8-9,12H,6-7,10H2,1-2H3,(H,19,20);2-4,7-8,11H,5-6,9H2,1H3,(H,18,19)(H,20,21)/t12-;11-/m00/s1. The molecule has 0 spiro atoms. The number of hydrogen-bond acceptors (Lipinski definition) is 9. The molecule has 2 amide bonds. The molecule has 2 atom stereocenters. The highest BCUT2D eigenvalue weighted by Gasteiger charge is 2.23. The number of carbonyl (C=O) groups is 4. The molecule has 3 N–H and O–H groups in total. The van der Waals surface area contributed by atoms with Gasteiger partial charge in [-0.05, 0) is 60.0 Å². The molecule has 2 aliphatic rings. The minimum atomic E-state index is -1.04. The minimum absolute atomic E-state index is 0.0120. The van der Waals surface area contributed by atoms with E-state index in [9.17, 15) is 24.3 Å². The van der Waals surface area contributed by atoms with Crippen LogP contribution in [0.5, 0.6) is 23.0 Å². The maximum atomic E-state index is 11.9. The second kappa shape index (κ2) is 14.7. The van der Waals surface area contributed by atoms with Gasteiger partial charge in [-0.1, -0.05) is 24.3 Å². The monoisotopic (exact) mass is 644 g/mol. The van der Waals surface area contributed by atoms with E-state index in [1.165, 1.54) is 21.3 Å². The third kappa shape index (κ3) is 7.66. The first-order valence-corrected chi connectivity index (χ1v) is 15.1. The average molecular weight is 645 g/mol. The molecule has 2 fully saturated rings. The molecule has 4 aromatic rings. The van der Waals surface area contributed by atoms with E-state index < -0.39 is 11.9 Å². The van der Waals surface area contributed by atoms with Crippen LogP contribution in [-0.2, 0) is 14.3 Å². The third-order valence-electron chi connectivity index (χ3n) is 8.01. The first-order valence-electron chi connectivity index (χ1n) is 15.1. The van der Waals surface area contributed by atoms with Crippen LogP contribution < -0.4 is 29.6 Å². The number of nitrogens with one attached hydrogen (secondary N) is 2. The lowest BCUT2D eigenvalue weighted by molar-refractivity contribution is -0.120. The summed E-state index contributed by atoms with van der Waals surface area (Å²) in [7, 11) is 4.28. The number of rotatable bonds is 10. The third-order valence-corrected chi connectivity index (χ3v) is 8.01. The van der Waals surface area contributed by atoms with Gasteiger partial charge in [-0.15, -0.1) is 0 Å². The summed E-state index contributed by atoms with van der Waals surface area (Å²) in [5, 5.41) is 18.2. The van der Waals surface area contributed by atoms with E-state index in [2.05, 4.69) is 10.6 Å². The molecular weight excluding hydrogens is 608 g/mol. The van der Waals surface area contributed by atoms with Crippen molar-refractivity contribution in [2.75, 3.05) is 34.5 Å². The summed E-state index contributed by atoms with van der Waals surface area (Å²) in [5.41, 5.74) is 0.480. The zero-order chi connectivity index (χ0) is 33.5. The van der Waals surface area contributed by atoms with Crippen LogP contribution in [0.3, 0.4) is 0 Å². The number of amides is 2. The van der Waals surface area contributed by atoms with Crippen molar-refractivity contribution < 1.29 is 48.0 Å². The molecule has 0 radical (unpaired) electrons. The second-order valence-corrected chi connectivity index (χ2v) is 11.1. The number of carbonyl (C=O) groups excluding carboxylic acids is 3. The summed E-state index contributed by atoms with van der Waals surface area (Å²) in [6.07, 6.45) is 2.61. The highest BCUT2D eigenvalue weighted by Crippen LogP contribution is 2.34. The van der Waals surface area contributed by atoms with Gasteiger partial charge in [0.15, 0.2) is 0 Å². The number of methoxy groups -OCH3 is 3. The lowest BCUT2D eigenvalue weighted by Gasteiger charge is -2.15. The molecule has 0 aromatic heterocycles. The number of carboxylic acids is 1. The Hall–Kier alpha value is -5.52. The molecule has 0 unspecified atom stereocenters. The van der Waals surface area contributed by atoms with Crippen molar-refractivity contribution >= 4 is 45.3 Å². The van der Waals surface area contributed by atoms with Crippen LogP contribution in [0.25, 0.3) is 21.5 Å². The van der Waals surface area contributed by atoms with Crippen molar-refractivity contribution in [3.8, 4) is 23.0 Å². The van der Waals surface area contributed by atoms with Crippen LogP contribution in [-0.4, -0.2) is 75.5 Å². The van der Waals surface area contributed by atoms with Gasteiger partial charge in [0.05, 0.1) is 33.4 Å². The average Bonchev–Trinajstić information content (AvgIpc) is 3.71. The van der Waals surface area contributed by atoms with E-state index in [4.69, 9.17) is 23.7 Å². The van der Waals surface area contributed by atoms with Gasteiger partial charge in [0.2, 0.25) is 11.8 Å². The Morgan fingerprint density at radius 2 is 1.17 bits per heavy atom. The zero-order valence-corrected chi connectivity index (χ0v) is 26.3. The van der Waals surface area contributed by atoms with Gasteiger partial charge in [-0.25, -0.2) is 9.59 Å². The van der Waals surface area contributed by atoms with Gasteiger partial charge < -0.3 is 39.4 Å². The summed E-state index contributed by atoms with van der Waals surface area (Å²) in [6.45, 7) is 0.791. The van der Waals surface area contributed by atoms with E-state index in [0.29, 0.717) is 48.9 Å². The Balaban J connectivity index is 0.000000185. The quantitative estimate of drug-likeness (QED) is 0.210. The lowest BCUT2D eigenvalue weighted by Crippen LogP contribution is -2.30. The van der Waals surface area contributed by atoms with E-state index >= 15 is 0 Å². The van der Waals surface area contributed by atoms with E-state index in [1.807, 2.05) is 36.4 Å². The molecule has 4 aromatic carbocycles. The number of benzene rings is 4. The van der Waals surface area contributed by atoms with Crippen LogP contribution in [0.4, 0.5) is 0 Å². The molecule has 2 heterocycles. The van der Waals surface area contributed by atoms with Crippen LogP contribution in [0, 0.1) is 0 Å². The maximum Gasteiger partial charge on any atom is 0.341 e. The first-order chi connectivity index (χ1) is 22.7. The molecular formula is C35H36N2O10. The predicted molar refractivity (Wildman–Crippen MR) is 173 cm³/mol. The number of fused-ring (bicyclic) bond motifs is 2. The SMILES string of the molecule is COC(=O)c1cc2cccc(OC[C@@H]3CCC(=O)N3)c2cc1OC.COc1cc2c(OC[C@@H]3CCC(=O)N3)cccc2cc1C(=O)O. The fourth-order valence-electron chi connectivity index (χ4n) is 5.57. The summed E-state index contributed by atoms with van der Waals surface area (Å²) >= 11 is 0. The summed E-state index contributed by atoms with van der Waals surface area (Å²) in [6, 6.07) is 17.8. The van der Waals surface area contributed by atoms with E-state index in [-0.39, 0.29) is 35.2 Å². The summed E-state index contributed by atoms with van der Waals surface area (Å²) < 4.78 is 27.0. The molecule has 2 saturated heterocycles. The summed E-state index contributed by atoms with van der Waals surface area (Å²) in [4.78, 5) is 45.7. The van der Waals surface area contributed by atoms with Crippen LogP contribution in [0.1, 0.15) is 46.4 Å². The Kier molecular flexibility index (Phi) is 10.3. The Morgan fingerprint density at radius 3 is 1.57 bits per heavy atom. The predicted octanol–water partition coefficient (Wildman–Crippen LogP) is 4.50. The molecule has 2 aliphatic heterocycles. The van der Waals surface area contributed by atoms with Gasteiger partial charge in [0.25, 0.3) is 0 Å². The fraction of sp³-hybridized carbons (Fsp3) is 0.314. The Morgan fingerprint density at radius 1 is 0.702 bits per heavy atom. The molecule has 47 heavy (non-hydrogen) atoms. The smallest absolute Gasteiger partial charge is 0.341 e. The molecule has 0 aliphatic carbocycles. The van der Waals surface area contributed by atoms with Crippen LogP contribution in [0.15, 0.2) is 60.7 Å². The maximum absolute atomic E-state index is 11.9. The normalized spacial score (nSPS) is 16.9.